The van der Waals surface area contributed by atoms with Crippen molar-refractivity contribution in [2.45, 2.75) is 5.22 Å². The number of carbonyl (C=O) groups excluding carboxylic acids is 1. The van der Waals surface area contributed by atoms with Crippen LogP contribution in [0.25, 0.3) is 33.1 Å². The SMILES string of the molecule is O=C(CSc1nc2ccccc2o1)N1CCN(c2nnc(-c3ccccc3)c3ccccc23)CC1. The molecule has 1 fully saturated rings. The standard InChI is InChI=1S/C27H23N5O2S/c33-24(18-35-27-28-22-12-6-7-13-23(22)34-27)31-14-16-32(17-15-31)26-21-11-5-4-10-20(21)25(29-30-26)19-8-2-1-3-9-19/h1-13H,14-18H2. The van der Waals surface area contributed by atoms with E-state index >= 15 is 0 Å². The Morgan fingerprint density at radius 1 is 0.829 bits per heavy atom. The van der Waals surface area contributed by atoms with E-state index in [0.29, 0.717) is 37.2 Å². The van der Waals surface area contributed by atoms with Crippen LogP contribution < -0.4 is 4.90 Å². The summed E-state index contributed by atoms with van der Waals surface area (Å²) in [5.41, 5.74) is 3.48. The van der Waals surface area contributed by atoms with Gasteiger partial charge in [-0.3, -0.25) is 4.79 Å². The zero-order valence-corrected chi connectivity index (χ0v) is 19.8. The molecule has 0 saturated carbocycles. The van der Waals surface area contributed by atoms with Crippen LogP contribution >= 0.6 is 11.8 Å². The summed E-state index contributed by atoms with van der Waals surface area (Å²) < 4.78 is 5.72. The first kappa shape index (κ1) is 21.6. The van der Waals surface area contributed by atoms with Gasteiger partial charge in [-0.25, -0.2) is 4.98 Å². The van der Waals surface area contributed by atoms with Gasteiger partial charge >= 0.3 is 0 Å². The van der Waals surface area contributed by atoms with Crippen LogP contribution in [0, 0.1) is 0 Å². The van der Waals surface area contributed by atoms with Crippen LogP contribution in [-0.2, 0) is 4.79 Å². The molecule has 1 aliphatic rings. The minimum atomic E-state index is 0.0901. The molecular weight excluding hydrogens is 458 g/mol. The van der Waals surface area contributed by atoms with E-state index in [2.05, 4.69) is 44.3 Å². The van der Waals surface area contributed by atoms with Gasteiger partial charge in [0.25, 0.3) is 5.22 Å². The number of carbonyl (C=O) groups is 1. The summed E-state index contributed by atoms with van der Waals surface area (Å²) >= 11 is 1.34. The highest BCUT2D eigenvalue weighted by molar-refractivity contribution is 7.99. The molecule has 0 atom stereocenters. The summed E-state index contributed by atoms with van der Waals surface area (Å²) in [6.07, 6.45) is 0. The van der Waals surface area contributed by atoms with Crippen molar-refractivity contribution in [1.82, 2.24) is 20.1 Å². The molecule has 8 heteroatoms. The predicted octanol–water partition coefficient (Wildman–Crippen LogP) is 4.88. The molecule has 0 unspecified atom stereocenters. The van der Waals surface area contributed by atoms with Crippen molar-refractivity contribution < 1.29 is 9.21 Å². The largest absolute Gasteiger partial charge is 0.431 e. The number of piperazine rings is 1. The van der Waals surface area contributed by atoms with Gasteiger partial charge in [-0.2, -0.15) is 0 Å². The van der Waals surface area contributed by atoms with E-state index in [4.69, 9.17) is 4.42 Å². The lowest BCUT2D eigenvalue weighted by atomic mass is 10.0. The zero-order chi connectivity index (χ0) is 23.6. The summed E-state index contributed by atoms with van der Waals surface area (Å²) in [7, 11) is 0. The van der Waals surface area contributed by atoms with E-state index in [9.17, 15) is 4.79 Å². The second-order valence-electron chi connectivity index (χ2n) is 8.39. The highest BCUT2D eigenvalue weighted by Gasteiger charge is 2.24. The molecule has 5 aromatic rings. The first-order chi connectivity index (χ1) is 17.3. The average molecular weight is 482 g/mol. The van der Waals surface area contributed by atoms with Gasteiger partial charge in [-0.05, 0) is 12.1 Å². The molecule has 3 heterocycles. The summed E-state index contributed by atoms with van der Waals surface area (Å²) in [4.78, 5) is 21.4. The Kier molecular flexibility index (Phi) is 5.79. The van der Waals surface area contributed by atoms with Crippen molar-refractivity contribution in [3.63, 3.8) is 0 Å². The molecule has 3 aromatic carbocycles. The van der Waals surface area contributed by atoms with Crippen molar-refractivity contribution in [3.8, 4) is 11.3 Å². The molecule has 0 radical (unpaired) electrons. The van der Waals surface area contributed by atoms with Gasteiger partial charge in [-0.15, -0.1) is 10.2 Å². The second kappa shape index (κ2) is 9.38. The van der Waals surface area contributed by atoms with Gasteiger partial charge in [0.05, 0.1) is 5.75 Å². The highest BCUT2D eigenvalue weighted by atomic mass is 32.2. The van der Waals surface area contributed by atoms with Crippen molar-refractivity contribution >= 4 is 45.4 Å². The van der Waals surface area contributed by atoms with Crippen LogP contribution in [0.3, 0.4) is 0 Å². The molecule has 35 heavy (non-hydrogen) atoms. The lowest BCUT2D eigenvalue weighted by Crippen LogP contribution is -2.49. The molecular formula is C27H23N5O2S. The Balaban J connectivity index is 1.14. The number of amides is 1. The van der Waals surface area contributed by atoms with Crippen molar-refractivity contribution in [2.24, 2.45) is 0 Å². The van der Waals surface area contributed by atoms with Crippen molar-refractivity contribution in [2.75, 3.05) is 36.8 Å². The molecule has 1 aliphatic heterocycles. The molecule has 6 rings (SSSR count). The average Bonchev–Trinajstić information content (AvgIpc) is 3.35. The van der Waals surface area contributed by atoms with Crippen LogP contribution in [0.5, 0.6) is 0 Å². The Hall–Kier alpha value is -3.91. The number of rotatable bonds is 5. The van der Waals surface area contributed by atoms with Gasteiger partial charge in [0.1, 0.15) is 11.2 Å². The molecule has 2 aromatic heterocycles. The number of fused-ring (bicyclic) bond motifs is 2. The third kappa shape index (κ3) is 4.33. The number of oxazole rings is 1. The van der Waals surface area contributed by atoms with E-state index in [1.54, 1.807) is 0 Å². The molecule has 1 amide bonds. The number of nitrogens with zero attached hydrogens (tertiary/aromatic N) is 5. The molecule has 0 N–H and O–H groups in total. The fraction of sp³-hybridized carbons (Fsp3) is 0.185. The first-order valence-electron chi connectivity index (χ1n) is 11.6. The van der Waals surface area contributed by atoms with E-state index in [0.717, 1.165) is 38.9 Å². The number of hydrogen-bond acceptors (Lipinski definition) is 7. The molecule has 0 bridgehead atoms. The molecule has 7 nitrogen and oxygen atoms in total. The molecule has 174 valence electrons. The first-order valence-corrected chi connectivity index (χ1v) is 12.6. The smallest absolute Gasteiger partial charge is 0.257 e. The highest BCUT2D eigenvalue weighted by Crippen LogP contribution is 2.32. The Bertz CT molecular complexity index is 1460. The summed E-state index contributed by atoms with van der Waals surface area (Å²) in [5, 5.41) is 11.9. The number of thioether (sulfide) groups is 1. The van der Waals surface area contributed by atoms with Crippen LogP contribution in [0.15, 0.2) is 88.5 Å². The van der Waals surface area contributed by atoms with Gasteiger partial charge in [0.15, 0.2) is 11.4 Å². The predicted molar refractivity (Wildman–Crippen MR) is 138 cm³/mol. The maximum atomic E-state index is 12.8. The van der Waals surface area contributed by atoms with Crippen LogP contribution in [0.1, 0.15) is 0 Å². The normalized spacial score (nSPS) is 14.1. The van der Waals surface area contributed by atoms with Gasteiger partial charge in [0, 0.05) is 42.5 Å². The van der Waals surface area contributed by atoms with Crippen LogP contribution in [0.4, 0.5) is 5.82 Å². The monoisotopic (exact) mass is 481 g/mol. The topological polar surface area (TPSA) is 75.4 Å². The zero-order valence-electron chi connectivity index (χ0n) is 19.0. The number of para-hydroxylation sites is 2. The van der Waals surface area contributed by atoms with E-state index < -0.39 is 0 Å². The molecule has 0 spiro atoms. The summed E-state index contributed by atoms with van der Waals surface area (Å²) in [6, 6.07) is 26.0. The number of anilines is 1. The van der Waals surface area contributed by atoms with E-state index in [1.165, 1.54) is 11.8 Å². The van der Waals surface area contributed by atoms with Crippen molar-refractivity contribution in [3.05, 3.63) is 78.9 Å². The van der Waals surface area contributed by atoms with Crippen LogP contribution in [0.2, 0.25) is 0 Å². The van der Waals surface area contributed by atoms with Crippen molar-refractivity contribution in [1.29, 1.82) is 0 Å². The summed E-state index contributed by atoms with van der Waals surface area (Å²) in [6.45, 7) is 2.71. The van der Waals surface area contributed by atoms with Gasteiger partial charge in [-0.1, -0.05) is 78.5 Å². The Labute approximate surface area is 206 Å². The number of aromatic nitrogens is 3. The maximum absolute atomic E-state index is 12.8. The second-order valence-corrected chi connectivity index (χ2v) is 9.31. The number of hydrogen-bond donors (Lipinski definition) is 0. The van der Waals surface area contributed by atoms with Gasteiger partial charge in [0.2, 0.25) is 5.91 Å². The fourth-order valence-electron chi connectivity index (χ4n) is 4.43. The Morgan fingerprint density at radius 2 is 1.54 bits per heavy atom. The summed E-state index contributed by atoms with van der Waals surface area (Å²) in [5.74, 6) is 1.27. The minimum absolute atomic E-state index is 0.0901. The quantitative estimate of drug-likeness (QED) is 0.331. The molecule has 0 aliphatic carbocycles. The van der Waals surface area contributed by atoms with Gasteiger partial charge < -0.3 is 14.2 Å². The van der Waals surface area contributed by atoms with E-state index in [-0.39, 0.29) is 5.91 Å². The third-order valence-corrected chi connectivity index (χ3v) is 7.05. The minimum Gasteiger partial charge on any atom is -0.431 e. The third-order valence-electron chi connectivity index (χ3n) is 6.24. The Morgan fingerprint density at radius 3 is 2.34 bits per heavy atom. The molecule has 1 saturated heterocycles. The van der Waals surface area contributed by atoms with E-state index in [1.807, 2.05) is 59.5 Å². The lowest BCUT2D eigenvalue weighted by Gasteiger charge is -2.35. The number of benzene rings is 3. The van der Waals surface area contributed by atoms with Crippen LogP contribution in [-0.4, -0.2) is 57.9 Å². The lowest BCUT2D eigenvalue weighted by molar-refractivity contribution is -0.128. The fourth-order valence-corrected chi connectivity index (χ4v) is 5.17. The maximum Gasteiger partial charge on any atom is 0.257 e.